The van der Waals surface area contributed by atoms with Crippen LogP contribution in [-0.2, 0) is 9.59 Å². The van der Waals surface area contributed by atoms with Gasteiger partial charge in [-0.2, -0.15) is 0 Å². The summed E-state index contributed by atoms with van der Waals surface area (Å²) in [5.41, 5.74) is -0.00512. The first kappa shape index (κ1) is 12.8. The Kier molecular flexibility index (Phi) is 3.17. The van der Waals surface area contributed by atoms with Crippen molar-refractivity contribution in [3.63, 3.8) is 0 Å². The fourth-order valence-corrected chi connectivity index (χ4v) is 4.21. The Morgan fingerprint density at radius 3 is 2.35 bits per heavy atom. The van der Waals surface area contributed by atoms with Crippen LogP contribution in [-0.4, -0.2) is 11.6 Å². The molecular weight excluding hydrogens is 212 g/mol. The van der Waals surface area contributed by atoms with E-state index in [-0.39, 0.29) is 17.3 Å². The zero-order valence-corrected chi connectivity index (χ0v) is 11.5. The number of carbonyl (C=O) groups is 2. The standard InChI is InChI=1S/C15H24O2/c1-9(2)14-12(16)7-11(4)15(14)6-5-10(3)13(17)8-15/h9-11,14H,5-8H2,1-4H3/t10-,11+,14+,15?/m1/s1. The average Bonchev–Trinajstić information content (AvgIpc) is 2.45. The third kappa shape index (κ3) is 1.86. The molecule has 0 radical (unpaired) electrons. The summed E-state index contributed by atoms with van der Waals surface area (Å²) in [6, 6.07) is 0. The SMILES string of the molecule is CC(C)[C@H]1C(=O)C[C@H](C)C12CC[C@@H](C)C(=O)C2. The third-order valence-corrected chi connectivity index (χ3v) is 5.22. The molecule has 96 valence electrons. The molecule has 1 unspecified atom stereocenters. The molecule has 2 aliphatic rings. The number of rotatable bonds is 1. The first-order valence-electron chi connectivity index (χ1n) is 6.94. The normalized spacial score (nSPS) is 42.8. The van der Waals surface area contributed by atoms with Crippen LogP contribution in [0.15, 0.2) is 0 Å². The van der Waals surface area contributed by atoms with Crippen LogP contribution >= 0.6 is 0 Å². The Morgan fingerprint density at radius 1 is 1.18 bits per heavy atom. The van der Waals surface area contributed by atoms with Crippen LogP contribution in [0.1, 0.15) is 53.4 Å². The summed E-state index contributed by atoms with van der Waals surface area (Å²) in [6.07, 6.45) is 3.36. The number of hydrogen-bond acceptors (Lipinski definition) is 2. The van der Waals surface area contributed by atoms with E-state index in [1.54, 1.807) is 0 Å². The number of hydrogen-bond donors (Lipinski definition) is 0. The van der Waals surface area contributed by atoms with Gasteiger partial charge in [0, 0.05) is 24.7 Å². The van der Waals surface area contributed by atoms with Crippen molar-refractivity contribution < 1.29 is 9.59 Å². The largest absolute Gasteiger partial charge is 0.299 e. The molecule has 1 spiro atoms. The lowest BCUT2D eigenvalue weighted by Crippen LogP contribution is -2.42. The van der Waals surface area contributed by atoms with Gasteiger partial charge in [0.2, 0.25) is 0 Å². The molecule has 2 nitrogen and oxygen atoms in total. The van der Waals surface area contributed by atoms with Crippen molar-refractivity contribution in [3.8, 4) is 0 Å². The van der Waals surface area contributed by atoms with Crippen molar-refractivity contribution in [2.24, 2.45) is 29.1 Å². The summed E-state index contributed by atoms with van der Waals surface area (Å²) in [4.78, 5) is 24.2. The van der Waals surface area contributed by atoms with Crippen LogP contribution in [0.25, 0.3) is 0 Å². The van der Waals surface area contributed by atoms with E-state index in [4.69, 9.17) is 0 Å². The van der Waals surface area contributed by atoms with Gasteiger partial charge in [-0.1, -0.05) is 27.7 Å². The highest BCUT2D eigenvalue weighted by Crippen LogP contribution is 2.56. The van der Waals surface area contributed by atoms with Crippen molar-refractivity contribution >= 4 is 11.6 Å². The molecule has 0 saturated heterocycles. The second-order valence-corrected chi connectivity index (χ2v) is 6.61. The van der Waals surface area contributed by atoms with Gasteiger partial charge in [0.1, 0.15) is 11.6 Å². The molecule has 2 aliphatic carbocycles. The molecule has 2 saturated carbocycles. The molecule has 0 bridgehead atoms. The van der Waals surface area contributed by atoms with Gasteiger partial charge in [-0.25, -0.2) is 0 Å². The van der Waals surface area contributed by atoms with Gasteiger partial charge in [-0.05, 0) is 30.1 Å². The van der Waals surface area contributed by atoms with E-state index < -0.39 is 0 Å². The molecule has 0 aromatic rings. The van der Waals surface area contributed by atoms with E-state index in [0.717, 1.165) is 12.8 Å². The van der Waals surface area contributed by atoms with Crippen molar-refractivity contribution in [1.29, 1.82) is 0 Å². The quantitative estimate of drug-likeness (QED) is 0.700. The summed E-state index contributed by atoms with van der Waals surface area (Å²) in [5, 5.41) is 0. The maximum Gasteiger partial charge on any atom is 0.137 e. The second-order valence-electron chi connectivity index (χ2n) is 6.61. The zero-order valence-electron chi connectivity index (χ0n) is 11.5. The first-order chi connectivity index (χ1) is 7.88. The summed E-state index contributed by atoms with van der Waals surface area (Å²) in [5.74, 6) is 1.86. The maximum absolute atomic E-state index is 12.2. The van der Waals surface area contributed by atoms with Gasteiger partial charge in [0.15, 0.2) is 0 Å². The molecular formula is C15H24O2. The molecule has 0 aromatic carbocycles. The third-order valence-electron chi connectivity index (χ3n) is 5.22. The molecule has 4 atom stereocenters. The predicted octanol–water partition coefficient (Wildman–Crippen LogP) is 3.24. The Bertz CT molecular complexity index is 345. The van der Waals surface area contributed by atoms with Crippen LogP contribution in [0.4, 0.5) is 0 Å². The van der Waals surface area contributed by atoms with Crippen molar-refractivity contribution in [1.82, 2.24) is 0 Å². The fourth-order valence-electron chi connectivity index (χ4n) is 4.21. The van der Waals surface area contributed by atoms with Crippen LogP contribution in [0.3, 0.4) is 0 Å². The van der Waals surface area contributed by atoms with Gasteiger partial charge in [-0.3, -0.25) is 9.59 Å². The summed E-state index contributed by atoms with van der Waals surface area (Å²) >= 11 is 0. The highest BCUT2D eigenvalue weighted by Gasteiger charge is 2.55. The molecule has 17 heavy (non-hydrogen) atoms. The Hall–Kier alpha value is -0.660. The lowest BCUT2D eigenvalue weighted by Gasteiger charge is -2.44. The van der Waals surface area contributed by atoms with Crippen LogP contribution in [0.2, 0.25) is 0 Å². The van der Waals surface area contributed by atoms with Crippen molar-refractivity contribution in [3.05, 3.63) is 0 Å². The Balaban J connectivity index is 2.33. The molecule has 2 rings (SSSR count). The van der Waals surface area contributed by atoms with Gasteiger partial charge in [-0.15, -0.1) is 0 Å². The van der Waals surface area contributed by atoms with E-state index in [0.29, 0.717) is 36.2 Å². The van der Waals surface area contributed by atoms with Crippen molar-refractivity contribution in [2.45, 2.75) is 53.4 Å². The van der Waals surface area contributed by atoms with Crippen molar-refractivity contribution in [2.75, 3.05) is 0 Å². The van der Waals surface area contributed by atoms with Crippen LogP contribution in [0.5, 0.6) is 0 Å². The predicted molar refractivity (Wildman–Crippen MR) is 67.6 cm³/mol. The molecule has 0 N–H and O–H groups in total. The lowest BCUT2D eigenvalue weighted by atomic mass is 9.59. The minimum Gasteiger partial charge on any atom is -0.299 e. The molecule has 0 amide bonds. The summed E-state index contributed by atoms with van der Waals surface area (Å²) in [7, 11) is 0. The smallest absolute Gasteiger partial charge is 0.137 e. The number of ketones is 2. The van der Waals surface area contributed by atoms with Gasteiger partial charge in [0.25, 0.3) is 0 Å². The zero-order chi connectivity index (χ0) is 12.8. The molecule has 2 fully saturated rings. The Labute approximate surface area is 104 Å². The van der Waals surface area contributed by atoms with E-state index in [2.05, 4.69) is 20.8 Å². The van der Waals surface area contributed by atoms with Gasteiger partial charge < -0.3 is 0 Å². The van der Waals surface area contributed by atoms with E-state index >= 15 is 0 Å². The summed E-state index contributed by atoms with van der Waals surface area (Å²) in [6.45, 7) is 8.46. The second kappa shape index (κ2) is 4.22. The molecule has 2 heteroatoms. The minimum atomic E-state index is -0.00512. The van der Waals surface area contributed by atoms with E-state index in [9.17, 15) is 9.59 Å². The van der Waals surface area contributed by atoms with E-state index in [1.807, 2.05) is 6.92 Å². The molecule has 0 aliphatic heterocycles. The average molecular weight is 236 g/mol. The van der Waals surface area contributed by atoms with Gasteiger partial charge in [0.05, 0.1) is 0 Å². The number of carbonyl (C=O) groups excluding carboxylic acids is 2. The maximum atomic E-state index is 12.2. The monoisotopic (exact) mass is 236 g/mol. The number of Topliss-reactive ketones (excluding diaryl/α,β-unsaturated/α-hetero) is 2. The minimum absolute atomic E-state index is 0.00512. The molecule has 0 heterocycles. The molecule has 0 aromatic heterocycles. The van der Waals surface area contributed by atoms with E-state index in [1.165, 1.54) is 0 Å². The van der Waals surface area contributed by atoms with Crippen LogP contribution < -0.4 is 0 Å². The summed E-state index contributed by atoms with van der Waals surface area (Å²) < 4.78 is 0. The highest BCUT2D eigenvalue weighted by atomic mass is 16.1. The van der Waals surface area contributed by atoms with Gasteiger partial charge >= 0.3 is 0 Å². The fraction of sp³-hybridized carbons (Fsp3) is 0.867. The first-order valence-corrected chi connectivity index (χ1v) is 6.94. The van der Waals surface area contributed by atoms with Crippen LogP contribution in [0, 0.1) is 29.1 Å². The highest BCUT2D eigenvalue weighted by molar-refractivity contribution is 5.88. The topological polar surface area (TPSA) is 34.1 Å². The lowest BCUT2D eigenvalue weighted by molar-refractivity contribution is -0.133. The Morgan fingerprint density at radius 2 is 1.82 bits per heavy atom.